The highest BCUT2D eigenvalue weighted by molar-refractivity contribution is 9.11. The fraction of sp³-hybridized carbons (Fsp3) is 0.400. The van der Waals surface area contributed by atoms with Gasteiger partial charge < -0.3 is 5.11 Å². The summed E-state index contributed by atoms with van der Waals surface area (Å²) in [6, 6.07) is 1.81. The maximum Gasteiger partial charge on any atom is 0.312 e. The highest BCUT2D eigenvalue weighted by Gasteiger charge is 2.22. The molecule has 0 aliphatic heterocycles. The Morgan fingerprint density at radius 3 is 2.73 bits per heavy atom. The lowest BCUT2D eigenvalue weighted by Crippen LogP contribution is -2.13. The van der Waals surface area contributed by atoms with Gasteiger partial charge in [-0.3, -0.25) is 9.78 Å². The summed E-state index contributed by atoms with van der Waals surface area (Å²) >= 11 is 6.61. The third-order valence-corrected chi connectivity index (χ3v) is 3.11. The van der Waals surface area contributed by atoms with Gasteiger partial charge in [0.15, 0.2) is 0 Å². The molecule has 1 rings (SSSR count). The Hall–Kier alpha value is -0.420. The molecule has 0 spiro atoms. The number of nitrogens with zero attached hydrogens (tertiary/aromatic N) is 1. The molecule has 82 valence electrons. The Balaban J connectivity index is 3.05. The van der Waals surface area contributed by atoms with Gasteiger partial charge in [0, 0.05) is 15.1 Å². The standard InChI is InChI=1S/C10H11Br2NO2/c1-2-3-7(10(14)15)9-8(12)4-6(11)5-13-9/h4-5,7H,2-3H2,1H3,(H,14,15). The number of pyridine rings is 1. The molecular weight excluding hydrogens is 326 g/mol. The zero-order valence-electron chi connectivity index (χ0n) is 8.20. The number of carboxylic acid groups (broad SMARTS) is 1. The number of aromatic nitrogens is 1. The maximum absolute atomic E-state index is 11.1. The van der Waals surface area contributed by atoms with E-state index in [1.54, 1.807) is 6.20 Å². The molecular formula is C10H11Br2NO2. The van der Waals surface area contributed by atoms with Crippen LogP contribution in [0, 0.1) is 0 Å². The van der Waals surface area contributed by atoms with Crippen LogP contribution in [0.1, 0.15) is 31.4 Å². The van der Waals surface area contributed by atoms with Gasteiger partial charge in [-0.25, -0.2) is 0 Å². The van der Waals surface area contributed by atoms with E-state index in [1.165, 1.54) is 0 Å². The van der Waals surface area contributed by atoms with Crippen LogP contribution in [0.4, 0.5) is 0 Å². The van der Waals surface area contributed by atoms with Crippen molar-refractivity contribution in [1.29, 1.82) is 0 Å². The molecule has 3 nitrogen and oxygen atoms in total. The van der Waals surface area contributed by atoms with Gasteiger partial charge in [0.1, 0.15) is 0 Å². The SMILES string of the molecule is CCCC(C(=O)O)c1ncc(Br)cc1Br. The van der Waals surface area contributed by atoms with E-state index in [1.807, 2.05) is 13.0 Å². The number of carboxylic acids is 1. The summed E-state index contributed by atoms with van der Waals surface area (Å²) in [6.07, 6.45) is 3.04. The molecule has 0 aliphatic carbocycles. The Labute approximate surface area is 105 Å². The average molecular weight is 337 g/mol. The molecule has 0 radical (unpaired) electrons. The Kier molecular flexibility index (Phi) is 4.73. The van der Waals surface area contributed by atoms with Crippen LogP contribution in [-0.2, 0) is 4.79 Å². The van der Waals surface area contributed by atoms with Crippen molar-refractivity contribution < 1.29 is 9.90 Å². The van der Waals surface area contributed by atoms with Crippen LogP contribution in [0.25, 0.3) is 0 Å². The first-order valence-electron chi connectivity index (χ1n) is 4.60. The average Bonchev–Trinajstić information content (AvgIpc) is 2.15. The molecule has 1 N–H and O–H groups in total. The van der Waals surface area contributed by atoms with E-state index in [2.05, 4.69) is 36.8 Å². The second kappa shape index (κ2) is 5.61. The molecule has 0 saturated carbocycles. The van der Waals surface area contributed by atoms with Crippen LogP contribution < -0.4 is 0 Å². The molecule has 0 amide bonds. The van der Waals surface area contributed by atoms with Gasteiger partial charge >= 0.3 is 5.97 Å². The minimum Gasteiger partial charge on any atom is -0.481 e. The molecule has 0 fully saturated rings. The smallest absolute Gasteiger partial charge is 0.312 e. The van der Waals surface area contributed by atoms with Crippen molar-refractivity contribution in [3.8, 4) is 0 Å². The fourth-order valence-corrected chi connectivity index (χ4v) is 2.61. The van der Waals surface area contributed by atoms with Crippen molar-refractivity contribution in [2.45, 2.75) is 25.7 Å². The summed E-state index contributed by atoms with van der Waals surface area (Å²) in [4.78, 5) is 15.2. The van der Waals surface area contributed by atoms with Crippen LogP contribution in [-0.4, -0.2) is 16.1 Å². The lowest BCUT2D eigenvalue weighted by molar-refractivity contribution is -0.139. The summed E-state index contributed by atoms with van der Waals surface area (Å²) in [5.74, 6) is -1.36. The van der Waals surface area contributed by atoms with E-state index in [-0.39, 0.29) is 0 Å². The van der Waals surface area contributed by atoms with Crippen molar-refractivity contribution >= 4 is 37.8 Å². The molecule has 0 aliphatic rings. The van der Waals surface area contributed by atoms with Crippen LogP contribution in [0.2, 0.25) is 0 Å². The molecule has 1 aromatic heterocycles. The quantitative estimate of drug-likeness (QED) is 0.914. The monoisotopic (exact) mass is 335 g/mol. The number of hydrogen-bond acceptors (Lipinski definition) is 2. The lowest BCUT2D eigenvalue weighted by atomic mass is 9.99. The van der Waals surface area contributed by atoms with Gasteiger partial charge in [0.25, 0.3) is 0 Å². The number of halogens is 2. The van der Waals surface area contributed by atoms with E-state index in [9.17, 15) is 4.79 Å². The van der Waals surface area contributed by atoms with Crippen molar-refractivity contribution in [2.24, 2.45) is 0 Å². The zero-order valence-corrected chi connectivity index (χ0v) is 11.4. The van der Waals surface area contributed by atoms with Crippen LogP contribution in [0.15, 0.2) is 21.2 Å². The topological polar surface area (TPSA) is 50.2 Å². The van der Waals surface area contributed by atoms with E-state index in [0.29, 0.717) is 12.1 Å². The number of carbonyl (C=O) groups is 1. The van der Waals surface area contributed by atoms with Gasteiger partial charge in [0.2, 0.25) is 0 Å². The molecule has 0 bridgehead atoms. The minimum absolute atomic E-state index is 0.530. The summed E-state index contributed by atoms with van der Waals surface area (Å²) in [5, 5.41) is 9.08. The summed E-state index contributed by atoms with van der Waals surface area (Å²) in [7, 11) is 0. The Morgan fingerprint density at radius 1 is 1.60 bits per heavy atom. The first kappa shape index (κ1) is 12.6. The van der Waals surface area contributed by atoms with Crippen molar-refractivity contribution in [3.63, 3.8) is 0 Å². The molecule has 15 heavy (non-hydrogen) atoms. The molecule has 5 heteroatoms. The molecule has 1 heterocycles. The van der Waals surface area contributed by atoms with Gasteiger partial charge in [-0.2, -0.15) is 0 Å². The van der Waals surface area contributed by atoms with Gasteiger partial charge in [-0.05, 0) is 44.3 Å². The first-order valence-corrected chi connectivity index (χ1v) is 6.18. The number of rotatable bonds is 4. The van der Waals surface area contributed by atoms with E-state index < -0.39 is 11.9 Å². The zero-order chi connectivity index (χ0) is 11.4. The third kappa shape index (κ3) is 3.28. The molecule has 0 saturated heterocycles. The predicted octanol–water partition coefficient (Wildman–Crippen LogP) is 3.57. The Bertz CT molecular complexity index is 368. The van der Waals surface area contributed by atoms with Crippen LogP contribution in [0.5, 0.6) is 0 Å². The van der Waals surface area contributed by atoms with Gasteiger partial charge in [-0.1, -0.05) is 13.3 Å². The van der Waals surface area contributed by atoms with Crippen LogP contribution in [0.3, 0.4) is 0 Å². The second-order valence-corrected chi connectivity index (χ2v) is 4.97. The highest BCUT2D eigenvalue weighted by atomic mass is 79.9. The van der Waals surface area contributed by atoms with Gasteiger partial charge in [-0.15, -0.1) is 0 Å². The molecule has 1 atom stereocenters. The summed E-state index contributed by atoms with van der Waals surface area (Å²) < 4.78 is 1.57. The van der Waals surface area contributed by atoms with E-state index >= 15 is 0 Å². The van der Waals surface area contributed by atoms with Crippen LogP contribution >= 0.6 is 31.9 Å². The van der Waals surface area contributed by atoms with Crippen molar-refractivity contribution in [1.82, 2.24) is 4.98 Å². The van der Waals surface area contributed by atoms with Gasteiger partial charge in [0.05, 0.1) is 11.6 Å². The van der Waals surface area contributed by atoms with Crippen molar-refractivity contribution in [2.75, 3.05) is 0 Å². The minimum atomic E-state index is -0.827. The highest BCUT2D eigenvalue weighted by Crippen LogP contribution is 2.28. The molecule has 1 unspecified atom stereocenters. The fourth-order valence-electron chi connectivity index (χ4n) is 1.35. The van der Waals surface area contributed by atoms with Crippen molar-refractivity contribution in [3.05, 3.63) is 26.9 Å². The van der Waals surface area contributed by atoms with E-state index in [0.717, 1.165) is 15.4 Å². The molecule has 0 aromatic carbocycles. The molecule has 1 aromatic rings. The summed E-state index contributed by atoms with van der Waals surface area (Å²) in [5.41, 5.74) is 0.590. The third-order valence-electron chi connectivity index (χ3n) is 2.04. The first-order chi connectivity index (χ1) is 7.06. The number of hydrogen-bond donors (Lipinski definition) is 1. The normalized spacial score (nSPS) is 12.5. The summed E-state index contributed by atoms with van der Waals surface area (Å²) in [6.45, 7) is 1.96. The second-order valence-electron chi connectivity index (χ2n) is 3.20. The largest absolute Gasteiger partial charge is 0.481 e. The predicted molar refractivity (Wildman–Crippen MR) is 64.9 cm³/mol. The Morgan fingerprint density at radius 2 is 2.27 bits per heavy atom. The lowest BCUT2D eigenvalue weighted by Gasteiger charge is -2.12. The number of aliphatic carboxylic acids is 1. The maximum atomic E-state index is 11.1. The van der Waals surface area contributed by atoms with E-state index in [4.69, 9.17) is 5.11 Å².